The first kappa shape index (κ1) is 16.1. The molecule has 2 atom stereocenters. The second-order valence-corrected chi connectivity index (χ2v) is 7.59. The maximum absolute atomic E-state index is 12.3. The number of aliphatic hydroxyl groups excluding tert-OH is 1. The number of aliphatic hydroxyl groups is 1. The van der Waals surface area contributed by atoms with Gasteiger partial charge in [-0.1, -0.05) is 0 Å². The highest BCUT2D eigenvalue weighted by Crippen LogP contribution is 2.23. The number of hydrogen-bond acceptors (Lipinski definition) is 5. The summed E-state index contributed by atoms with van der Waals surface area (Å²) in [6.07, 6.45) is 2.40. The number of likely N-dealkylation sites (tertiary alicyclic amines) is 1. The van der Waals surface area contributed by atoms with E-state index in [1.165, 1.54) is 0 Å². The average molecular weight is 327 g/mol. The first-order valence-electron chi connectivity index (χ1n) is 8.19. The van der Waals surface area contributed by atoms with Gasteiger partial charge in [-0.2, -0.15) is 0 Å². The summed E-state index contributed by atoms with van der Waals surface area (Å²) < 4.78 is 0. The normalized spacial score (nSPS) is 30.0. The molecule has 7 heteroatoms. The number of carbonyl (C=O) groups is 2. The number of rotatable bonds is 3. The van der Waals surface area contributed by atoms with Crippen LogP contribution in [-0.4, -0.2) is 76.7 Å². The highest BCUT2D eigenvalue weighted by atomic mass is 32.2. The Morgan fingerprint density at radius 2 is 1.95 bits per heavy atom. The van der Waals surface area contributed by atoms with Crippen LogP contribution in [0, 0.1) is 5.92 Å². The molecule has 22 heavy (non-hydrogen) atoms. The Kier molecular flexibility index (Phi) is 5.25. The van der Waals surface area contributed by atoms with Crippen LogP contribution in [0.25, 0.3) is 0 Å². The highest BCUT2D eigenvalue weighted by molar-refractivity contribution is 7.99. The van der Waals surface area contributed by atoms with Crippen molar-refractivity contribution >= 4 is 23.6 Å². The van der Waals surface area contributed by atoms with Crippen LogP contribution in [0.15, 0.2) is 0 Å². The average Bonchev–Trinajstić information content (AvgIpc) is 3.19. The Bertz CT molecular complexity index is 420. The van der Waals surface area contributed by atoms with Gasteiger partial charge in [0.2, 0.25) is 11.8 Å². The Hall–Kier alpha value is -0.790. The fourth-order valence-corrected chi connectivity index (χ4v) is 4.41. The lowest BCUT2D eigenvalue weighted by atomic mass is 9.99. The van der Waals surface area contributed by atoms with E-state index in [9.17, 15) is 14.7 Å². The predicted molar refractivity (Wildman–Crippen MR) is 85.4 cm³/mol. The van der Waals surface area contributed by atoms with Gasteiger partial charge in [-0.3, -0.25) is 9.59 Å². The largest absolute Gasteiger partial charge is 0.393 e. The van der Waals surface area contributed by atoms with Gasteiger partial charge in [-0.15, -0.1) is 11.8 Å². The maximum atomic E-state index is 12.3. The van der Waals surface area contributed by atoms with E-state index in [0.29, 0.717) is 32.4 Å². The van der Waals surface area contributed by atoms with E-state index in [1.807, 2.05) is 9.80 Å². The minimum Gasteiger partial charge on any atom is -0.393 e. The van der Waals surface area contributed by atoms with Crippen molar-refractivity contribution in [1.29, 1.82) is 0 Å². The van der Waals surface area contributed by atoms with Gasteiger partial charge in [0.05, 0.1) is 18.0 Å². The summed E-state index contributed by atoms with van der Waals surface area (Å²) in [5.41, 5.74) is 0. The van der Waals surface area contributed by atoms with Crippen molar-refractivity contribution < 1.29 is 14.7 Å². The highest BCUT2D eigenvalue weighted by Gasteiger charge is 2.35. The summed E-state index contributed by atoms with van der Waals surface area (Å²) in [6, 6.07) is -0.111. The van der Waals surface area contributed by atoms with Crippen molar-refractivity contribution in [3.8, 4) is 0 Å². The Balaban J connectivity index is 1.44. The summed E-state index contributed by atoms with van der Waals surface area (Å²) in [7, 11) is 0. The quantitative estimate of drug-likeness (QED) is 0.755. The molecule has 0 spiro atoms. The zero-order valence-electron chi connectivity index (χ0n) is 12.9. The van der Waals surface area contributed by atoms with Crippen molar-refractivity contribution in [3.63, 3.8) is 0 Å². The molecule has 0 aliphatic carbocycles. The van der Waals surface area contributed by atoms with Gasteiger partial charge in [0.1, 0.15) is 0 Å². The molecule has 0 bridgehead atoms. The van der Waals surface area contributed by atoms with E-state index >= 15 is 0 Å². The van der Waals surface area contributed by atoms with Crippen LogP contribution in [-0.2, 0) is 9.59 Å². The second kappa shape index (κ2) is 7.19. The molecule has 124 valence electrons. The minimum absolute atomic E-state index is 0.111. The monoisotopic (exact) mass is 327 g/mol. The van der Waals surface area contributed by atoms with Gasteiger partial charge in [-0.05, 0) is 31.7 Å². The molecule has 6 nitrogen and oxygen atoms in total. The number of amides is 2. The minimum atomic E-state index is -0.252. The van der Waals surface area contributed by atoms with Gasteiger partial charge in [0.15, 0.2) is 0 Å². The molecule has 2 N–H and O–H groups in total. The van der Waals surface area contributed by atoms with Gasteiger partial charge >= 0.3 is 0 Å². The number of nitrogens with zero attached hydrogens (tertiary/aromatic N) is 2. The number of hydrogen-bond donors (Lipinski definition) is 2. The van der Waals surface area contributed by atoms with E-state index < -0.39 is 0 Å². The molecule has 3 fully saturated rings. The Morgan fingerprint density at radius 1 is 1.18 bits per heavy atom. The topological polar surface area (TPSA) is 72.9 Å². The molecule has 0 aromatic carbocycles. The molecule has 3 aliphatic heterocycles. The molecule has 3 heterocycles. The smallest absolute Gasteiger partial charge is 0.240 e. The van der Waals surface area contributed by atoms with Crippen LogP contribution in [0.3, 0.4) is 0 Å². The molecule has 0 radical (unpaired) electrons. The Morgan fingerprint density at radius 3 is 2.64 bits per heavy atom. The van der Waals surface area contributed by atoms with Gasteiger partial charge in [0.25, 0.3) is 0 Å². The fraction of sp³-hybridized carbons (Fsp3) is 0.867. The molecular formula is C15H25N3O3S. The molecule has 3 saturated heterocycles. The summed E-state index contributed by atoms with van der Waals surface area (Å²) in [5, 5.41) is 12.8. The SMILES string of the molecule is O=C(CC1CN[C@H](C(=O)N2CCSC2)C1)N1CCC(O)CC1. The number of thioether (sulfide) groups is 1. The lowest BCUT2D eigenvalue weighted by Gasteiger charge is -2.30. The van der Waals surface area contributed by atoms with Crippen molar-refractivity contribution in [1.82, 2.24) is 15.1 Å². The first-order chi connectivity index (χ1) is 10.6. The van der Waals surface area contributed by atoms with Crippen LogP contribution in [0.4, 0.5) is 0 Å². The lowest BCUT2D eigenvalue weighted by molar-refractivity contribution is -0.134. The molecule has 1 unspecified atom stereocenters. The predicted octanol–water partition coefficient (Wildman–Crippen LogP) is -0.129. The summed E-state index contributed by atoms with van der Waals surface area (Å²) >= 11 is 1.80. The van der Waals surface area contributed by atoms with Crippen molar-refractivity contribution in [2.45, 2.75) is 37.8 Å². The van der Waals surface area contributed by atoms with Crippen LogP contribution in [0.2, 0.25) is 0 Å². The fourth-order valence-electron chi connectivity index (χ4n) is 3.45. The molecule has 3 rings (SSSR count). The lowest BCUT2D eigenvalue weighted by Crippen LogP contribution is -2.42. The van der Waals surface area contributed by atoms with Crippen molar-refractivity contribution in [2.24, 2.45) is 5.92 Å². The van der Waals surface area contributed by atoms with Crippen LogP contribution in [0.1, 0.15) is 25.7 Å². The summed E-state index contributed by atoms with van der Waals surface area (Å²) in [5.74, 6) is 2.45. The van der Waals surface area contributed by atoms with E-state index in [4.69, 9.17) is 0 Å². The van der Waals surface area contributed by atoms with E-state index in [-0.39, 0.29) is 29.9 Å². The van der Waals surface area contributed by atoms with Crippen molar-refractivity contribution in [3.05, 3.63) is 0 Å². The number of nitrogens with one attached hydrogen (secondary N) is 1. The molecule has 2 amide bonds. The third kappa shape index (κ3) is 3.75. The van der Waals surface area contributed by atoms with Gasteiger partial charge in [-0.25, -0.2) is 0 Å². The summed E-state index contributed by atoms with van der Waals surface area (Å²) in [4.78, 5) is 28.4. The molecule has 0 aromatic heterocycles. The molecule has 3 aliphatic rings. The van der Waals surface area contributed by atoms with Crippen molar-refractivity contribution in [2.75, 3.05) is 37.8 Å². The molecule has 0 saturated carbocycles. The number of carbonyl (C=O) groups excluding carboxylic acids is 2. The maximum Gasteiger partial charge on any atom is 0.240 e. The number of piperidine rings is 1. The van der Waals surface area contributed by atoms with Crippen LogP contribution >= 0.6 is 11.8 Å². The zero-order valence-corrected chi connectivity index (χ0v) is 13.7. The van der Waals surface area contributed by atoms with Crippen LogP contribution < -0.4 is 5.32 Å². The van der Waals surface area contributed by atoms with Gasteiger partial charge in [0, 0.05) is 31.8 Å². The summed E-state index contributed by atoms with van der Waals surface area (Å²) in [6.45, 7) is 2.92. The standard InChI is InChI=1S/C15H25N3O3S/c19-12-1-3-17(4-2-12)14(20)8-11-7-13(16-9-11)15(21)18-5-6-22-10-18/h11-13,16,19H,1-10H2/t11?,13-/m0/s1. The first-order valence-corrected chi connectivity index (χ1v) is 9.34. The third-order valence-corrected chi connectivity index (χ3v) is 5.83. The van der Waals surface area contributed by atoms with Gasteiger partial charge < -0.3 is 20.2 Å². The molecule has 0 aromatic rings. The van der Waals surface area contributed by atoms with E-state index in [2.05, 4.69) is 5.32 Å². The second-order valence-electron chi connectivity index (χ2n) is 6.52. The van der Waals surface area contributed by atoms with E-state index in [1.54, 1.807) is 11.8 Å². The Labute approximate surface area is 135 Å². The molecular weight excluding hydrogens is 302 g/mol. The van der Waals surface area contributed by atoms with E-state index in [0.717, 1.165) is 31.1 Å². The zero-order chi connectivity index (χ0) is 15.5. The van der Waals surface area contributed by atoms with Crippen LogP contribution in [0.5, 0.6) is 0 Å². The third-order valence-electron chi connectivity index (χ3n) is 4.86.